The molecule has 1 radical (unpaired) electrons. The molecule has 1 aromatic carbocycles. The number of benzene rings is 1. The number of hydrogen-bond acceptors (Lipinski definition) is 9. The summed E-state index contributed by atoms with van der Waals surface area (Å²) in [5, 5.41) is 49.0. The molecule has 5 atom stereocenters. The van der Waals surface area contributed by atoms with E-state index in [1.165, 1.54) is 18.2 Å². The minimum absolute atomic E-state index is 0. The zero-order valence-electron chi connectivity index (χ0n) is 12.6. The van der Waals surface area contributed by atoms with Crippen LogP contribution in [0.4, 0.5) is 0 Å². The number of rotatable bonds is 3. The zero-order valence-corrected chi connectivity index (χ0v) is 14.1. The Kier molecular flexibility index (Phi) is 6.25. The average molecular weight is 448 g/mol. The number of fused-ring (bicyclic) bond motifs is 1. The van der Waals surface area contributed by atoms with Gasteiger partial charge in [0, 0.05) is 39.9 Å². The normalized spacial score (nSPS) is 29.2. The third-order valence-electron chi connectivity index (χ3n) is 3.79. The van der Waals surface area contributed by atoms with Crippen LogP contribution >= 0.6 is 0 Å². The van der Waals surface area contributed by atoms with Gasteiger partial charge in [-0.1, -0.05) is 0 Å². The molecule has 9 nitrogen and oxygen atoms in total. The van der Waals surface area contributed by atoms with E-state index in [4.69, 9.17) is 19.0 Å². The number of aromatic hydroxyl groups is 1. The number of hydrogen-bond donors (Lipinski definition) is 5. The van der Waals surface area contributed by atoms with Gasteiger partial charge in [0.25, 0.3) is 0 Å². The molecule has 0 spiro atoms. The van der Waals surface area contributed by atoms with Gasteiger partial charge in [0.15, 0.2) is 11.5 Å². The first-order chi connectivity index (χ1) is 11.4. The summed E-state index contributed by atoms with van der Waals surface area (Å²) in [4.78, 5) is 11.2. The molecule has 25 heavy (non-hydrogen) atoms. The molecule has 2 heterocycles. The molecule has 2 aromatic rings. The van der Waals surface area contributed by atoms with Gasteiger partial charge >= 0.3 is 5.63 Å². The van der Waals surface area contributed by atoms with E-state index in [1.54, 1.807) is 0 Å². The second kappa shape index (κ2) is 7.85. The predicted molar refractivity (Wildman–Crippen MR) is 78.5 cm³/mol. The van der Waals surface area contributed by atoms with Crippen molar-refractivity contribution in [2.75, 3.05) is 6.61 Å². The molecular weight excluding hydrogens is 432 g/mol. The Bertz CT molecular complexity index is 790. The van der Waals surface area contributed by atoms with Gasteiger partial charge in [0.2, 0.25) is 6.29 Å². The number of ether oxygens (including phenoxy) is 2. The summed E-state index contributed by atoms with van der Waals surface area (Å²) < 4.78 is 15.5. The van der Waals surface area contributed by atoms with Gasteiger partial charge in [0.1, 0.15) is 30.0 Å². The van der Waals surface area contributed by atoms with Crippen molar-refractivity contribution in [3.8, 4) is 11.5 Å². The molecule has 10 heteroatoms. The molecule has 1 aliphatic rings. The Hall–Kier alpha value is -1.43. The maximum atomic E-state index is 11.2. The summed E-state index contributed by atoms with van der Waals surface area (Å²) in [5.74, 6) is -0.477. The molecule has 1 aromatic heterocycles. The zero-order chi connectivity index (χ0) is 17.4. The van der Waals surface area contributed by atoms with Crippen LogP contribution in [0.1, 0.15) is 0 Å². The summed E-state index contributed by atoms with van der Waals surface area (Å²) in [6.45, 7) is -0.598. The van der Waals surface area contributed by atoms with Crippen molar-refractivity contribution >= 4 is 11.0 Å². The summed E-state index contributed by atoms with van der Waals surface area (Å²) in [6.07, 6.45) is -7.27. The molecule has 0 aliphatic carbocycles. The Morgan fingerprint density at radius 2 is 1.80 bits per heavy atom. The van der Waals surface area contributed by atoms with Crippen LogP contribution in [0.5, 0.6) is 11.5 Å². The predicted octanol–water partition coefficient (Wildman–Crippen LogP) is -1.33. The minimum Gasteiger partial charge on any atom is -0.504 e. The van der Waals surface area contributed by atoms with E-state index in [-0.39, 0.29) is 39.5 Å². The third kappa shape index (κ3) is 3.89. The van der Waals surface area contributed by atoms with E-state index in [2.05, 4.69) is 0 Å². The van der Waals surface area contributed by atoms with Crippen LogP contribution in [0.25, 0.3) is 11.0 Å². The molecule has 1 fully saturated rings. The second-order valence-corrected chi connectivity index (χ2v) is 5.43. The van der Waals surface area contributed by atoms with Gasteiger partial charge in [0.05, 0.1) is 6.61 Å². The van der Waals surface area contributed by atoms with E-state index in [1.807, 2.05) is 0 Å². The van der Waals surface area contributed by atoms with Gasteiger partial charge in [-0.05, 0) is 12.1 Å². The van der Waals surface area contributed by atoms with Crippen LogP contribution in [0.3, 0.4) is 0 Å². The summed E-state index contributed by atoms with van der Waals surface area (Å²) >= 11 is 0. The maximum absolute atomic E-state index is 11.2. The smallest absolute Gasteiger partial charge is 0.336 e. The topological polar surface area (TPSA) is 150 Å². The molecule has 1 aliphatic heterocycles. The first-order valence-corrected chi connectivity index (χ1v) is 7.15. The fourth-order valence-corrected chi connectivity index (χ4v) is 2.47. The SMILES string of the molecule is O=c1ccc2cc(O[C@@H]3O[C@H](CO)[C@@H](O)[C@H](O)[C@H]3O)c(O)cc2o1.[Ag]. The van der Waals surface area contributed by atoms with Crippen LogP contribution in [0.15, 0.2) is 33.5 Å². The third-order valence-corrected chi connectivity index (χ3v) is 3.79. The Balaban J connectivity index is 0.00000225. The van der Waals surface area contributed by atoms with E-state index >= 15 is 0 Å². The Morgan fingerprint density at radius 3 is 2.48 bits per heavy atom. The van der Waals surface area contributed by atoms with Crippen molar-refractivity contribution in [1.29, 1.82) is 0 Å². The van der Waals surface area contributed by atoms with Gasteiger partial charge in [-0.15, -0.1) is 0 Å². The first kappa shape index (κ1) is 19.9. The molecule has 1 saturated heterocycles. The largest absolute Gasteiger partial charge is 0.504 e. The molecule has 141 valence electrons. The van der Waals surface area contributed by atoms with Crippen LogP contribution in [0.2, 0.25) is 0 Å². The molecule has 5 N–H and O–H groups in total. The minimum atomic E-state index is -1.60. The summed E-state index contributed by atoms with van der Waals surface area (Å²) in [5.41, 5.74) is -0.439. The van der Waals surface area contributed by atoms with Crippen molar-refractivity contribution in [2.45, 2.75) is 30.7 Å². The number of aliphatic hydroxyl groups is 4. The monoisotopic (exact) mass is 447 g/mol. The van der Waals surface area contributed by atoms with Crippen molar-refractivity contribution < 1.29 is 61.8 Å². The molecule has 3 rings (SSSR count). The van der Waals surface area contributed by atoms with E-state index in [0.29, 0.717) is 5.39 Å². The van der Waals surface area contributed by atoms with E-state index in [0.717, 1.165) is 6.07 Å². The van der Waals surface area contributed by atoms with Gasteiger partial charge in [-0.2, -0.15) is 0 Å². The van der Waals surface area contributed by atoms with Crippen molar-refractivity contribution in [3.63, 3.8) is 0 Å². The van der Waals surface area contributed by atoms with E-state index in [9.17, 15) is 25.2 Å². The fraction of sp³-hybridized carbons (Fsp3) is 0.400. The summed E-state index contributed by atoms with van der Waals surface area (Å²) in [6, 6.07) is 5.17. The van der Waals surface area contributed by atoms with Crippen molar-refractivity contribution in [1.82, 2.24) is 0 Å². The Labute approximate surface area is 156 Å². The first-order valence-electron chi connectivity index (χ1n) is 7.15. The number of phenolic OH excluding ortho intramolecular Hbond substituents is 1. The van der Waals surface area contributed by atoms with Gasteiger partial charge in [-0.25, -0.2) is 4.79 Å². The second-order valence-electron chi connectivity index (χ2n) is 5.43. The van der Waals surface area contributed by atoms with Crippen molar-refractivity contribution in [3.05, 3.63) is 34.7 Å². The van der Waals surface area contributed by atoms with Gasteiger partial charge < -0.3 is 39.4 Å². The van der Waals surface area contributed by atoms with Crippen molar-refractivity contribution in [2.24, 2.45) is 0 Å². The number of aliphatic hydroxyl groups excluding tert-OH is 4. The molecule has 0 bridgehead atoms. The quantitative estimate of drug-likeness (QED) is 0.285. The van der Waals surface area contributed by atoms with Crippen LogP contribution in [-0.2, 0) is 27.1 Å². The fourth-order valence-electron chi connectivity index (χ4n) is 2.47. The van der Waals surface area contributed by atoms with Crippen LogP contribution in [0, 0.1) is 0 Å². The van der Waals surface area contributed by atoms with E-state index < -0.39 is 42.9 Å². The Morgan fingerprint density at radius 1 is 1.08 bits per heavy atom. The standard InChI is InChI=1S/C15H16O9.Ag/c16-5-10-12(19)13(20)14(21)15(24-10)23-9-3-6-1-2-11(18)22-8(6)4-7(9)17;/h1-4,10,12-17,19-21H,5H2;/t10-,12-,13+,14-,15-;/m1./s1. The average Bonchev–Trinajstić information content (AvgIpc) is 2.56. The molecule has 0 saturated carbocycles. The van der Waals surface area contributed by atoms with Crippen LogP contribution in [-0.4, -0.2) is 62.8 Å². The van der Waals surface area contributed by atoms with Gasteiger partial charge in [-0.3, -0.25) is 0 Å². The maximum Gasteiger partial charge on any atom is 0.336 e. The summed E-state index contributed by atoms with van der Waals surface area (Å²) in [7, 11) is 0. The molecular formula is C15H16AgO9. The number of phenols is 1. The molecule has 0 unspecified atom stereocenters. The molecule has 0 amide bonds. The van der Waals surface area contributed by atoms with Crippen LogP contribution < -0.4 is 10.4 Å².